The van der Waals surface area contributed by atoms with Crippen LogP contribution in [0.5, 0.6) is 0 Å². The molecule has 0 saturated carbocycles. The van der Waals surface area contributed by atoms with Crippen molar-refractivity contribution in [3.63, 3.8) is 0 Å². The molecule has 49 heavy (non-hydrogen) atoms. The molecular weight excluding hydrogens is 623 g/mol. The summed E-state index contributed by atoms with van der Waals surface area (Å²) in [5.74, 6) is 1.78. The molecule has 0 radical (unpaired) electrons. The van der Waals surface area contributed by atoms with Gasteiger partial charge in [-0.2, -0.15) is 0 Å². The number of benzene rings is 2. The molecule has 4 aromatic rings. The maximum absolute atomic E-state index is 13.8. The van der Waals surface area contributed by atoms with Gasteiger partial charge in [0, 0.05) is 72.8 Å². The molecule has 254 valence electrons. The van der Waals surface area contributed by atoms with Crippen molar-refractivity contribution in [2.75, 3.05) is 40.9 Å². The van der Waals surface area contributed by atoms with E-state index in [-0.39, 0.29) is 29.7 Å². The molecule has 2 aliphatic rings. The monoisotopic (exact) mass is 664 g/mol. The van der Waals surface area contributed by atoms with Crippen LogP contribution in [0, 0.1) is 18.7 Å². The highest BCUT2D eigenvalue weighted by Gasteiger charge is 2.30. The number of rotatable bonds is 10. The Morgan fingerprint density at radius 3 is 2.12 bits per heavy atom. The normalized spacial score (nSPS) is 16.2. The second-order valence-corrected chi connectivity index (χ2v) is 12.6. The maximum Gasteiger partial charge on any atom is 0.319 e. The Hall–Kier alpha value is -5.52. The molecule has 0 aliphatic carbocycles. The van der Waals surface area contributed by atoms with E-state index in [4.69, 9.17) is 9.97 Å². The van der Waals surface area contributed by atoms with Crippen molar-refractivity contribution in [1.29, 1.82) is 0 Å². The SMILES string of the molecule is CC(=O)c1ccc(NC(=O)NCCc2ccc3c(n2)NC(C2CNc4nc(CCNC(=O)Nc5ccc(C)c(F)c5)ccc4C2)CC3)cc1. The second kappa shape index (κ2) is 15.1. The van der Waals surface area contributed by atoms with E-state index in [9.17, 15) is 18.8 Å². The number of ketones is 1. The van der Waals surface area contributed by atoms with Gasteiger partial charge in [-0.25, -0.2) is 23.9 Å². The maximum atomic E-state index is 13.8. The Morgan fingerprint density at radius 2 is 1.45 bits per heavy atom. The third kappa shape index (κ3) is 8.69. The first-order valence-electron chi connectivity index (χ1n) is 16.6. The minimum atomic E-state index is -0.389. The average molecular weight is 665 g/mol. The van der Waals surface area contributed by atoms with Gasteiger partial charge < -0.3 is 31.9 Å². The molecule has 2 unspecified atom stereocenters. The lowest BCUT2D eigenvalue weighted by Gasteiger charge is -2.36. The molecule has 6 rings (SSSR count). The second-order valence-electron chi connectivity index (χ2n) is 12.6. The van der Waals surface area contributed by atoms with Crippen molar-refractivity contribution < 1.29 is 18.8 Å². The minimum absolute atomic E-state index is 0.0202. The minimum Gasteiger partial charge on any atom is -0.369 e. The van der Waals surface area contributed by atoms with Crippen LogP contribution in [0.3, 0.4) is 0 Å². The molecule has 4 heterocycles. The van der Waals surface area contributed by atoms with E-state index in [0.29, 0.717) is 54.4 Å². The molecule has 6 N–H and O–H groups in total. The number of aromatic nitrogens is 2. The standard InChI is InChI=1S/C37H41FN8O3/c1-22-3-9-31(20-32(22)38)45-37(49)40-17-15-29-13-7-26-19-27(21-41-34(26)42-29)33-14-8-25-6-12-30(43-35(25)46-33)16-18-39-36(48)44-28-10-4-24(5-11-28)23(2)47/h3-7,9-13,20,27,33H,8,14-19,21H2,1-2H3,(H,41,42)(H,43,46)(H2,39,44,48)(H2,40,45,49). The summed E-state index contributed by atoms with van der Waals surface area (Å²) in [6.07, 6.45) is 4.02. The Labute approximate surface area is 284 Å². The van der Waals surface area contributed by atoms with Gasteiger partial charge in [0.25, 0.3) is 0 Å². The van der Waals surface area contributed by atoms with Gasteiger partial charge in [-0.05, 0) is 98.3 Å². The Bertz CT molecular complexity index is 1850. The Morgan fingerprint density at radius 1 is 0.816 bits per heavy atom. The third-order valence-corrected chi connectivity index (χ3v) is 9.01. The quantitative estimate of drug-likeness (QED) is 0.116. The number of hydrogen-bond donors (Lipinski definition) is 6. The molecule has 0 saturated heterocycles. The predicted octanol–water partition coefficient (Wildman–Crippen LogP) is 5.87. The van der Waals surface area contributed by atoms with Crippen LogP contribution in [0.1, 0.15) is 51.8 Å². The third-order valence-electron chi connectivity index (χ3n) is 9.01. The number of pyridine rings is 2. The van der Waals surface area contributed by atoms with E-state index in [1.807, 2.05) is 12.1 Å². The summed E-state index contributed by atoms with van der Waals surface area (Å²) in [5, 5.41) is 18.3. The van der Waals surface area contributed by atoms with E-state index in [1.165, 1.54) is 24.1 Å². The number of Topliss-reactive ketones (excluding diaryl/α,β-unsaturated/α-hetero) is 1. The molecule has 4 amide bonds. The van der Waals surface area contributed by atoms with Crippen LogP contribution >= 0.6 is 0 Å². The van der Waals surface area contributed by atoms with Crippen LogP contribution in [-0.4, -0.2) is 53.5 Å². The molecule has 2 aromatic carbocycles. The van der Waals surface area contributed by atoms with E-state index >= 15 is 0 Å². The van der Waals surface area contributed by atoms with E-state index in [1.54, 1.807) is 43.3 Å². The number of nitrogens with one attached hydrogen (secondary N) is 6. The molecular formula is C37H41FN8O3. The van der Waals surface area contributed by atoms with Gasteiger partial charge in [0.2, 0.25) is 0 Å². The highest BCUT2D eigenvalue weighted by molar-refractivity contribution is 5.95. The van der Waals surface area contributed by atoms with Crippen molar-refractivity contribution in [2.45, 2.75) is 52.0 Å². The zero-order chi connectivity index (χ0) is 34.3. The fourth-order valence-corrected chi connectivity index (χ4v) is 6.18. The molecule has 0 spiro atoms. The van der Waals surface area contributed by atoms with Crippen molar-refractivity contribution in [2.24, 2.45) is 5.92 Å². The summed E-state index contributed by atoms with van der Waals surface area (Å²) < 4.78 is 13.8. The zero-order valence-corrected chi connectivity index (χ0v) is 27.7. The number of amides is 4. The topological polar surface area (TPSA) is 149 Å². The fraction of sp³-hybridized carbons (Fsp3) is 0.324. The molecule has 0 fully saturated rings. The van der Waals surface area contributed by atoms with Crippen molar-refractivity contribution in [1.82, 2.24) is 20.6 Å². The molecule has 12 heteroatoms. The number of urea groups is 2. The van der Waals surface area contributed by atoms with Gasteiger partial charge in [-0.15, -0.1) is 0 Å². The lowest BCUT2D eigenvalue weighted by molar-refractivity contribution is 0.101. The number of hydrogen-bond acceptors (Lipinski definition) is 7. The first-order chi connectivity index (χ1) is 23.7. The number of aryl methyl sites for hydroxylation is 2. The Kier molecular flexibility index (Phi) is 10.3. The summed E-state index contributed by atoms with van der Waals surface area (Å²) in [4.78, 5) is 45.8. The first-order valence-corrected chi connectivity index (χ1v) is 16.6. The predicted molar refractivity (Wildman–Crippen MR) is 189 cm³/mol. The summed E-state index contributed by atoms with van der Waals surface area (Å²) in [6.45, 7) is 4.81. The van der Waals surface area contributed by atoms with Gasteiger partial charge in [0.15, 0.2) is 5.78 Å². The van der Waals surface area contributed by atoms with Crippen molar-refractivity contribution >= 4 is 40.9 Å². The Balaban J connectivity index is 0.951. The lowest BCUT2D eigenvalue weighted by Crippen LogP contribution is -2.40. The van der Waals surface area contributed by atoms with Crippen LogP contribution in [0.4, 0.5) is 37.0 Å². The largest absolute Gasteiger partial charge is 0.369 e. The van der Waals surface area contributed by atoms with Gasteiger partial charge in [0.05, 0.1) is 0 Å². The molecule has 2 atom stereocenters. The van der Waals surface area contributed by atoms with E-state index in [0.717, 1.165) is 48.8 Å². The van der Waals surface area contributed by atoms with Gasteiger partial charge in [0.1, 0.15) is 17.5 Å². The summed E-state index contributed by atoms with van der Waals surface area (Å²) >= 11 is 0. The van der Waals surface area contributed by atoms with Crippen LogP contribution in [-0.2, 0) is 25.7 Å². The van der Waals surface area contributed by atoms with Gasteiger partial charge in [-0.1, -0.05) is 18.2 Å². The molecule has 2 aliphatic heterocycles. The first kappa shape index (κ1) is 33.4. The number of carbonyl (C=O) groups excluding carboxylic acids is 3. The van der Waals surface area contributed by atoms with Crippen LogP contribution in [0.15, 0.2) is 66.7 Å². The van der Waals surface area contributed by atoms with Crippen molar-refractivity contribution in [3.05, 3.63) is 106 Å². The number of nitrogens with zero attached hydrogens (tertiary/aromatic N) is 2. The fourth-order valence-electron chi connectivity index (χ4n) is 6.18. The van der Waals surface area contributed by atoms with E-state index < -0.39 is 0 Å². The highest BCUT2D eigenvalue weighted by atomic mass is 19.1. The van der Waals surface area contributed by atoms with Crippen LogP contribution in [0.25, 0.3) is 0 Å². The van der Waals surface area contributed by atoms with Gasteiger partial charge >= 0.3 is 12.1 Å². The lowest BCUT2D eigenvalue weighted by atomic mass is 9.84. The average Bonchev–Trinajstić information content (AvgIpc) is 3.09. The number of carbonyl (C=O) groups is 3. The summed E-state index contributed by atoms with van der Waals surface area (Å²) in [5.41, 5.74) is 6.29. The molecule has 0 bridgehead atoms. The van der Waals surface area contributed by atoms with E-state index in [2.05, 4.69) is 44.0 Å². The number of fused-ring (bicyclic) bond motifs is 2. The molecule has 2 aromatic heterocycles. The zero-order valence-electron chi connectivity index (χ0n) is 27.7. The van der Waals surface area contributed by atoms with Crippen molar-refractivity contribution in [3.8, 4) is 0 Å². The van der Waals surface area contributed by atoms with Crippen LogP contribution < -0.4 is 31.9 Å². The number of anilines is 4. The smallest absolute Gasteiger partial charge is 0.319 e. The number of halogens is 1. The van der Waals surface area contributed by atoms with Gasteiger partial charge in [-0.3, -0.25) is 4.79 Å². The highest BCUT2D eigenvalue weighted by Crippen LogP contribution is 2.32. The molecule has 11 nitrogen and oxygen atoms in total. The summed E-state index contributed by atoms with van der Waals surface area (Å²) in [6, 6.07) is 19.2. The van der Waals surface area contributed by atoms with Crippen LogP contribution in [0.2, 0.25) is 0 Å². The summed E-state index contributed by atoms with van der Waals surface area (Å²) in [7, 11) is 0.